The summed E-state index contributed by atoms with van der Waals surface area (Å²) >= 11 is 0. The molecule has 3 heterocycles. The predicted molar refractivity (Wildman–Crippen MR) is 195 cm³/mol. The normalized spacial score (nSPS) is 11.5. The van der Waals surface area contributed by atoms with Crippen molar-refractivity contribution in [1.29, 1.82) is 10.5 Å². The summed E-state index contributed by atoms with van der Waals surface area (Å²) in [6.07, 6.45) is 5.82. The van der Waals surface area contributed by atoms with Gasteiger partial charge in [0.25, 0.3) is 0 Å². The van der Waals surface area contributed by atoms with Gasteiger partial charge >= 0.3 is 0 Å². The number of nitrogens with zero attached hydrogens (tertiary/aromatic N) is 5. The van der Waals surface area contributed by atoms with Crippen LogP contribution in [0.1, 0.15) is 28.2 Å². The fraction of sp³-hybridized carbons (Fsp3) is 0.0476. The third-order valence-electron chi connectivity index (χ3n) is 9.24. The Kier molecular flexibility index (Phi) is 6.72. The molecular weight excluding hydrogens is 589 g/mol. The molecule has 0 saturated carbocycles. The lowest BCUT2D eigenvalue weighted by molar-refractivity contribution is 1.08. The van der Waals surface area contributed by atoms with E-state index in [-0.39, 0.29) is 11.4 Å². The quantitative estimate of drug-likeness (QED) is 0.200. The summed E-state index contributed by atoms with van der Waals surface area (Å²) in [6.45, 7) is 8.12. The minimum atomic E-state index is 0.0474. The highest BCUT2D eigenvalue weighted by molar-refractivity contribution is 6.15. The molecule has 1 N–H and O–H groups in total. The number of hydrogen-bond donors (Lipinski definition) is 1. The van der Waals surface area contributed by atoms with Crippen LogP contribution in [0, 0.1) is 36.5 Å². The zero-order chi connectivity index (χ0) is 32.9. The number of rotatable bonds is 3. The first kappa shape index (κ1) is 28.7. The maximum atomic E-state index is 9.59. The second-order valence-corrected chi connectivity index (χ2v) is 11.8. The smallest absolute Gasteiger partial charge is 0.177 e. The number of nitriles is 2. The number of nitrogens with one attached hydrogen (secondary N) is 1. The van der Waals surface area contributed by atoms with E-state index in [1.807, 2.05) is 30.3 Å². The average Bonchev–Trinajstić information content (AvgIpc) is 3.76. The van der Waals surface area contributed by atoms with Gasteiger partial charge in [-0.1, -0.05) is 91.5 Å². The Morgan fingerprint density at radius 2 is 1.27 bits per heavy atom. The molecular formula is C42H28N6. The molecule has 3 aromatic heterocycles. The number of H-pyrrole nitrogens is 1. The van der Waals surface area contributed by atoms with Crippen molar-refractivity contribution in [2.75, 3.05) is 0 Å². The molecule has 0 amide bonds. The van der Waals surface area contributed by atoms with Crippen LogP contribution < -0.4 is 0 Å². The molecule has 8 aromatic rings. The number of benzene rings is 5. The minimum absolute atomic E-state index is 0.0474. The van der Waals surface area contributed by atoms with Crippen molar-refractivity contribution in [2.24, 2.45) is 0 Å². The highest BCUT2D eigenvalue weighted by atomic mass is 15.0. The monoisotopic (exact) mass is 616 g/mol. The van der Waals surface area contributed by atoms with E-state index in [0.29, 0.717) is 11.4 Å². The highest BCUT2D eigenvalue weighted by Gasteiger charge is 2.29. The first-order chi connectivity index (χ1) is 23.5. The van der Waals surface area contributed by atoms with Crippen molar-refractivity contribution in [2.45, 2.75) is 13.8 Å². The molecule has 226 valence electrons. The van der Waals surface area contributed by atoms with E-state index >= 15 is 0 Å². The summed E-state index contributed by atoms with van der Waals surface area (Å²) < 4.78 is 2.28. The summed E-state index contributed by atoms with van der Waals surface area (Å²) in [5, 5.41) is 25.0. The van der Waals surface area contributed by atoms with Gasteiger partial charge in [-0.25, -0.2) is 9.97 Å². The van der Waals surface area contributed by atoms with E-state index in [0.717, 1.165) is 44.4 Å². The topological polar surface area (TPSA) is 94.1 Å². The van der Waals surface area contributed by atoms with Crippen molar-refractivity contribution < 1.29 is 0 Å². The maximum Gasteiger partial charge on any atom is 0.177 e. The number of hydrogen-bond acceptors (Lipinski definition) is 4. The standard InChI is InChI=1S/C30H19N5.C12H9N/c1-4-5-12-25-17(2)19-9-6-7-13-26(19)35(25)27-14-22-28-20(18(27)3)10-8-11-21(28)29-30(22)34-24(16-32)23(15-31)33-29;1-3-7-11-9(5-1)10-6-2-4-8-12(10)13-11/h4-14H,1H2,2-3H3;1-8,13H/b12-5-;. The van der Waals surface area contributed by atoms with Gasteiger partial charge in [0, 0.05) is 49.4 Å². The summed E-state index contributed by atoms with van der Waals surface area (Å²) in [5.41, 5.74) is 11.2. The highest BCUT2D eigenvalue weighted by Crippen LogP contribution is 2.48. The third-order valence-corrected chi connectivity index (χ3v) is 9.24. The molecule has 0 spiro atoms. The molecule has 6 nitrogen and oxygen atoms in total. The Morgan fingerprint density at radius 3 is 1.92 bits per heavy atom. The van der Waals surface area contributed by atoms with Gasteiger partial charge in [-0.3, -0.25) is 0 Å². The first-order valence-electron chi connectivity index (χ1n) is 15.7. The van der Waals surface area contributed by atoms with Crippen LogP contribution in [0.3, 0.4) is 0 Å². The lowest BCUT2D eigenvalue weighted by Crippen LogP contribution is -2.02. The SMILES string of the molecule is C=C/C=C\c1c(C)c2ccccc2n1-c1cc2c3c(cccc3c1C)-c1nc(C#N)c(C#N)nc1-2.c1ccc2c(c1)[nH]c1ccccc12. The van der Waals surface area contributed by atoms with Gasteiger partial charge in [0.1, 0.15) is 12.1 Å². The van der Waals surface area contributed by atoms with E-state index in [1.165, 1.54) is 32.8 Å². The van der Waals surface area contributed by atoms with Crippen LogP contribution in [0.15, 0.2) is 116 Å². The van der Waals surface area contributed by atoms with Gasteiger partial charge in [-0.2, -0.15) is 10.5 Å². The molecule has 0 bridgehead atoms. The summed E-state index contributed by atoms with van der Waals surface area (Å²) in [7, 11) is 0. The molecule has 0 unspecified atom stereocenters. The van der Waals surface area contributed by atoms with Gasteiger partial charge in [0.2, 0.25) is 0 Å². The van der Waals surface area contributed by atoms with E-state index in [1.54, 1.807) is 6.08 Å². The number of aromatic nitrogens is 4. The van der Waals surface area contributed by atoms with Crippen LogP contribution in [-0.4, -0.2) is 19.5 Å². The Hall–Kier alpha value is -6.76. The Balaban J connectivity index is 0.000000214. The molecule has 0 radical (unpaired) electrons. The van der Waals surface area contributed by atoms with Gasteiger partial charge in [-0.05, 0) is 60.7 Å². The second kappa shape index (κ2) is 11.2. The maximum absolute atomic E-state index is 9.59. The zero-order valence-corrected chi connectivity index (χ0v) is 26.4. The van der Waals surface area contributed by atoms with Crippen LogP contribution in [0.2, 0.25) is 0 Å². The van der Waals surface area contributed by atoms with Gasteiger partial charge in [-0.15, -0.1) is 0 Å². The van der Waals surface area contributed by atoms with E-state index in [9.17, 15) is 10.5 Å². The number of aryl methyl sites for hydroxylation is 2. The molecule has 1 aliphatic rings. The third kappa shape index (κ3) is 4.25. The van der Waals surface area contributed by atoms with Crippen molar-refractivity contribution in [3.63, 3.8) is 0 Å². The van der Waals surface area contributed by atoms with Crippen molar-refractivity contribution >= 4 is 49.6 Å². The van der Waals surface area contributed by atoms with E-state index in [2.05, 4.69) is 131 Å². The predicted octanol–water partition coefficient (Wildman–Crippen LogP) is 10.1. The molecule has 0 atom stereocenters. The fourth-order valence-electron chi connectivity index (χ4n) is 7.03. The second-order valence-electron chi connectivity index (χ2n) is 11.8. The van der Waals surface area contributed by atoms with Crippen LogP contribution >= 0.6 is 0 Å². The molecule has 0 fully saturated rings. The number of aromatic amines is 1. The van der Waals surface area contributed by atoms with Gasteiger partial charge < -0.3 is 9.55 Å². The van der Waals surface area contributed by atoms with Crippen LogP contribution in [0.5, 0.6) is 0 Å². The Morgan fingerprint density at radius 1 is 0.688 bits per heavy atom. The zero-order valence-electron chi connectivity index (χ0n) is 26.4. The summed E-state index contributed by atoms with van der Waals surface area (Å²) in [6, 6.07) is 37.5. The average molecular weight is 617 g/mol. The molecule has 5 aromatic carbocycles. The first-order valence-corrected chi connectivity index (χ1v) is 15.7. The van der Waals surface area contributed by atoms with E-state index in [4.69, 9.17) is 0 Å². The number of allylic oxidation sites excluding steroid dienone is 2. The molecule has 0 aliphatic heterocycles. The Labute approximate surface area is 277 Å². The number of fused-ring (bicyclic) bond motifs is 7. The van der Waals surface area contributed by atoms with Gasteiger partial charge in [0.05, 0.1) is 22.6 Å². The summed E-state index contributed by atoms with van der Waals surface area (Å²) in [5.74, 6) is 0. The molecule has 6 heteroatoms. The Bertz CT molecular complexity index is 2690. The van der Waals surface area contributed by atoms with Crippen LogP contribution in [0.4, 0.5) is 0 Å². The molecule has 1 aliphatic carbocycles. The minimum Gasteiger partial charge on any atom is -0.355 e. The largest absolute Gasteiger partial charge is 0.355 e. The van der Waals surface area contributed by atoms with E-state index < -0.39 is 0 Å². The summed E-state index contributed by atoms with van der Waals surface area (Å²) in [4.78, 5) is 12.5. The van der Waals surface area contributed by atoms with Gasteiger partial charge in [0.15, 0.2) is 11.4 Å². The van der Waals surface area contributed by atoms with Crippen molar-refractivity contribution in [3.05, 3.63) is 144 Å². The lowest BCUT2D eigenvalue weighted by Gasteiger charge is -2.16. The van der Waals surface area contributed by atoms with Crippen molar-refractivity contribution in [1.82, 2.24) is 19.5 Å². The molecule has 9 rings (SSSR count). The molecule has 0 saturated heterocycles. The molecule has 48 heavy (non-hydrogen) atoms. The fourth-order valence-corrected chi connectivity index (χ4v) is 7.03. The number of para-hydroxylation sites is 3. The van der Waals surface area contributed by atoms with Crippen LogP contribution in [0.25, 0.3) is 77.8 Å². The van der Waals surface area contributed by atoms with Crippen molar-refractivity contribution in [3.8, 4) is 40.3 Å². The lowest BCUT2D eigenvalue weighted by atomic mass is 9.98. The van der Waals surface area contributed by atoms with Crippen LogP contribution in [-0.2, 0) is 0 Å².